The van der Waals surface area contributed by atoms with Gasteiger partial charge in [0.05, 0.1) is 14.2 Å². The molecule has 0 heterocycles. The van der Waals surface area contributed by atoms with E-state index in [2.05, 4.69) is 15.9 Å². The number of hydrogen-bond acceptors (Lipinski definition) is 3. The standard InChI is InChI=1S/C20H18O2.C7H7BrO/c1-22-19-13-11-16(12-14-19)15-7-9-18(10-8-15)20(21)17-5-3-2-4-6-17;1-9-7-4-2-6(8)3-5-7/h2-14,20-21H,1H3;2-5H,1H3. The third-order valence-electron chi connectivity index (χ3n) is 4.81. The molecule has 1 N–H and O–H groups in total. The van der Waals surface area contributed by atoms with Gasteiger partial charge in [-0.2, -0.15) is 0 Å². The van der Waals surface area contributed by atoms with Crippen molar-refractivity contribution in [2.45, 2.75) is 6.10 Å². The second-order valence-corrected chi connectivity index (χ2v) is 7.74. The predicted molar refractivity (Wildman–Crippen MR) is 130 cm³/mol. The zero-order valence-corrected chi connectivity index (χ0v) is 19.1. The number of hydrogen-bond donors (Lipinski definition) is 1. The SMILES string of the molecule is COc1ccc(-c2ccc(C(O)c3ccccc3)cc2)cc1.COc1ccc(Br)cc1. The Hall–Kier alpha value is -3.08. The van der Waals surface area contributed by atoms with Crippen molar-refractivity contribution in [3.63, 3.8) is 0 Å². The second kappa shape index (κ2) is 11.3. The van der Waals surface area contributed by atoms with Crippen LogP contribution >= 0.6 is 15.9 Å². The molecule has 0 radical (unpaired) electrons. The molecule has 0 aromatic heterocycles. The zero-order chi connectivity index (χ0) is 22.1. The summed E-state index contributed by atoms with van der Waals surface area (Å²) in [7, 11) is 3.32. The largest absolute Gasteiger partial charge is 0.497 e. The van der Waals surface area contributed by atoms with E-state index in [9.17, 15) is 5.11 Å². The van der Waals surface area contributed by atoms with Crippen molar-refractivity contribution in [3.8, 4) is 22.6 Å². The highest BCUT2D eigenvalue weighted by molar-refractivity contribution is 9.10. The fraction of sp³-hybridized carbons (Fsp3) is 0.111. The van der Waals surface area contributed by atoms with Gasteiger partial charge in [-0.1, -0.05) is 82.7 Å². The number of aliphatic hydroxyl groups excluding tert-OH is 1. The predicted octanol–water partition coefficient (Wildman–Crippen LogP) is 6.90. The van der Waals surface area contributed by atoms with E-state index in [4.69, 9.17) is 9.47 Å². The van der Waals surface area contributed by atoms with Gasteiger partial charge in [-0.05, 0) is 58.7 Å². The maximum atomic E-state index is 10.4. The normalized spacial score (nSPS) is 11.1. The van der Waals surface area contributed by atoms with E-state index in [1.165, 1.54) is 0 Å². The maximum Gasteiger partial charge on any atom is 0.118 e. The highest BCUT2D eigenvalue weighted by Gasteiger charge is 2.09. The molecule has 158 valence electrons. The number of halogens is 1. The topological polar surface area (TPSA) is 38.7 Å². The highest BCUT2D eigenvalue weighted by atomic mass is 79.9. The Bertz CT molecular complexity index is 1040. The van der Waals surface area contributed by atoms with E-state index in [-0.39, 0.29) is 0 Å². The number of ether oxygens (including phenoxy) is 2. The minimum atomic E-state index is -0.592. The van der Waals surface area contributed by atoms with Gasteiger partial charge >= 0.3 is 0 Å². The summed E-state index contributed by atoms with van der Waals surface area (Å²) in [5.74, 6) is 1.73. The van der Waals surface area contributed by atoms with Crippen LogP contribution in [-0.4, -0.2) is 19.3 Å². The molecule has 1 unspecified atom stereocenters. The first-order valence-corrected chi connectivity index (χ1v) is 10.7. The number of methoxy groups -OCH3 is 2. The van der Waals surface area contributed by atoms with E-state index >= 15 is 0 Å². The van der Waals surface area contributed by atoms with Crippen molar-refractivity contribution in [2.75, 3.05) is 14.2 Å². The van der Waals surface area contributed by atoms with Crippen LogP contribution in [0.25, 0.3) is 11.1 Å². The number of benzene rings is 4. The van der Waals surface area contributed by atoms with E-state index in [0.717, 1.165) is 38.2 Å². The summed E-state index contributed by atoms with van der Waals surface area (Å²) in [5.41, 5.74) is 4.04. The zero-order valence-electron chi connectivity index (χ0n) is 17.5. The molecule has 0 saturated heterocycles. The molecule has 3 nitrogen and oxygen atoms in total. The van der Waals surface area contributed by atoms with Crippen molar-refractivity contribution >= 4 is 15.9 Å². The Labute approximate surface area is 192 Å². The molecule has 0 aliphatic heterocycles. The Balaban J connectivity index is 0.000000254. The molecule has 0 aliphatic rings. The van der Waals surface area contributed by atoms with Crippen molar-refractivity contribution in [3.05, 3.63) is 119 Å². The molecular weight excluding hydrogens is 452 g/mol. The molecule has 4 aromatic rings. The number of aliphatic hydroxyl groups is 1. The maximum absolute atomic E-state index is 10.4. The van der Waals surface area contributed by atoms with E-state index in [0.29, 0.717) is 0 Å². The molecule has 0 fully saturated rings. The fourth-order valence-corrected chi connectivity index (χ4v) is 3.30. The van der Waals surface area contributed by atoms with Crippen LogP contribution in [0.2, 0.25) is 0 Å². The first kappa shape index (κ1) is 22.6. The quantitative estimate of drug-likeness (QED) is 0.340. The summed E-state index contributed by atoms with van der Waals surface area (Å²) < 4.78 is 11.2. The van der Waals surface area contributed by atoms with Crippen LogP contribution in [0.5, 0.6) is 11.5 Å². The number of rotatable bonds is 5. The van der Waals surface area contributed by atoms with Gasteiger partial charge in [0.1, 0.15) is 17.6 Å². The lowest BCUT2D eigenvalue weighted by Gasteiger charge is -2.12. The van der Waals surface area contributed by atoms with Crippen LogP contribution in [0.1, 0.15) is 17.2 Å². The monoisotopic (exact) mass is 476 g/mol. The third kappa shape index (κ3) is 6.45. The summed E-state index contributed by atoms with van der Waals surface area (Å²) in [5, 5.41) is 10.4. The van der Waals surface area contributed by atoms with Crippen LogP contribution < -0.4 is 9.47 Å². The summed E-state index contributed by atoms with van der Waals surface area (Å²) >= 11 is 3.32. The Morgan fingerprint density at radius 2 is 1.00 bits per heavy atom. The Morgan fingerprint density at radius 3 is 1.48 bits per heavy atom. The Morgan fingerprint density at radius 1 is 0.581 bits per heavy atom. The lowest BCUT2D eigenvalue weighted by atomic mass is 9.98. The molecule has 4 aromatic carbocycles. The van der Waals surface area contributed by atoms with E-state index in [1.54, 1.807) is 14.2 Å². The minimum Gasteiger partial charge on any atom is -0.497 e. The van der Waals surface area contributed by atoms with Gasteiger partial charge < -0.3 is 14.6 Å². The molecule has 1 atom stereocenters. The highest BCUT2D eigenvalue weighted by Crippen LogP contribution is 2.26. The van der Waals surface area contributed by atoms with Gasteiger partial charge in [0, 0.05) is 4.47 Å². The van der Waals surface area contributed by atoms with Gasteiger partial charge in [0.25, 0.3) is 0 Å². The van der Waals surface area contributed by atoms with E-state index < -0.39 is 6.10 Å². The summed E-state index contributed by atoms with van der Waals surface area (Å²) in [6.45, 7) is 0. The molecule has 0 saturated carbocycles. The van der Waals surface area contributed by atoms with Crippen molar-refractivity contribution in [1.29, 1.82) is 0 Å². The molecule has 4 heteroatoms. The summed E-state index contributed by atoms with van der Waals surface area (Å²) in [6.07, 6.45) is -0.592. The fourth-order valence-electron chi connectivity index (χ4n) is 3.04. The van der Waals surface area contributed by atoms with Crippen LogP contribution in [0.15, 0.2) is 108 Å². The molecule has 0 spiro atoms. The van der Waals surface area contributed by atoms with Crippen LogP contribution in [0, 0.1) is 0 Å². The van der Waals surface area contributed by atoms with Crippen LogP contribution in [0.4, 0.5) is 0 Å². The molecule has 0 bridgehead atoms. The molecule has 0 amide bonds. The van der Waals surface area contributed by atoms with Crippen molar-refractivity contribution in [1.82, 2.24) is 0 Å². The minimum absolute atomic E-state index is 0.592. The molecule has 0 aliphatic carbocycles. The van der Waals surface area contributed by atoms with Gasteiger partial charge in [-0.25, -0.2) is 0 Å². The molecule has 31 heavy (non-hydrogen) atoms. The lowest BCUT2D eigenvalue weighted by Crippen LogP contribution is -1.98. The van der Waals surface area contributed by atoms with Gasteiger partial charge in [-0.3, -0.25) is 0 Å². The van der Waals surface area contributed by atoms with Gasteiger partial charge in [0.2, 0.25) is 0 Å². The van der Waals surface area contributed by atoms with Crippen molar-refractivity contribution in [2.24, 2.45) is 0 Å². The molecule has 4 rings (SSSR count). The second-order valence-electron chi connectivity index (χ2n) is 6.82. The third-order valence-corrected chi connectivity index (χ3v) is 5.34. The summed E-state index contributed by atoms with van der Waals surface area (Å²) in [4.78, 5) is 0. The van der Waals surface area contributed by atoms with Crippen LogP contribution in [-0.2, 0) is 0 Å². The summed E-state index contributed by atoms with van der Waals surface area (Å²) in [6, 6.07) is 33.3. The molecular formula is C27H25BrO3. The average molecular weight is 477 g/mol. The Kier molecular flexibility index (Phi) is 8.27. The lowest BCUT2D eigenvalue weighted by molar-refractivity contribution is 0.220. The first-order chi connectivity index (χ1) is 15.1. The van der Waals surface area contributed by atoms with Crippen molar-refractivity contribution < 1.29 is 14.6 Å². The average Bonchev–Trinajstić information content (AvgIpc) is 2.85. The first-order valence-electron chi connectivity index (χ1n) is 9.87. The van der Waals surface area contributed by atoms with Gasteiger partial charge in [0.15, 0.2) is 0 Å². The van der Waals surface area contributed by atoms with E-state index in [1.807, 2.05) is 103 Å². The van der Waals surface area contributed by atoms with Crippen LogP contribution in [0.3, 0.4) is 0 Å². The van der Waals surface area contributed by atoms with Gasteiger partial charge in [-0.15, -0.1) is 0 Å². The smallest absolute Gasteiger partial charge is 0.118 e.